The Morgan fingerprint density at radius 1 is 1.28 bits per heavy atom. The summed E-state index contributed by atoms with van der Waals surface area (Å²) in [5, 5.41) is 1.15. The SMILES string of the molecule is CCN1C=C(c2ccc3ncccc3c2)N=CC1. The molecule has 1 aromatic heterocycles. The summed E-state index contributed by atoms with van der Waals surface area (Å²) in [7, 11) is 0. The summed E-state index contributed by atoms with van der Waals surface area (Å²) in [6.45, 7) is 4.05. The summed E-state index contributed by atoms with van der Waals surface area (Å²) in [5.41, 5.74) is 3.19. The number of rotatable bonds is 2. The third-order valence-corrected chi connectivity index (χ3v) is 3.16. The van der Waals surface area contributed by atoms with Crippen LogP contribution in [0.1, 0.15) is 12.5 Å². The molecule has 0 atom stereocenters. The highest BCUT2D eigenvalue weighted by Gasteiger charge is 2.07. The smallest absolute Gasteiger partial charge is 0.0857 e. The number of aliphatic imine (C=N–C) groups is 1. The number of hydrogen-bond donors (Lipinski definition) is 0. The minimum absolute atomic E-state index is 0.898. The molecule has 0 amide bonds. The zero-order valence-electron chi connectivity index (χ0n) is 10.4. The van der Waals surface area contributed by atoms with Crippen molar-refractivity contribution in [3.05, 3.63) is 48.3 Å². The van der Waals surface area contributed by atoms with E-state index in [0.717, 1.165) is 35.3 Å². The van der Waals surface area contributed by atoms with Gasteiger partial charge in [-0.15, -0.1) is 0 Å². The quantitative estimate of drug-likeness (QED) is 0.803. The number of fused-ring (bicyclic) bond motifs is 1. The molecule has 1 aromatic carbocycles. The van der Waals surface area contributed by atoms with Crippen molar-refractivity contribution in [2.75, 3.05) is 13.1 Å². The van der Waals surface area contributed by atoms with Crippen molar-refractivity contribution in [3.8, 4) is 0 Å². The largest absolute Gasteiger partial charge is 0.371 e. The van der Waals surface area contributed by atoms with Gasteiger partial charge in [-0.25, -0.2) is 0 Å². The van der Waals surface area contributed by atoms with Crippen LogP contribution in [-0.2, 0) is 0 Å². The van der Waals surface area contributed by atoms with Crippen molar-refractivity contribution in [3.63, 3.8) is 0 Å². The van der Waals surface area contributed by atoms with Gasteiger partial charge in [0.1, 0.15) is 0 Å². The standard InChI is InChI=1S/C15H15N3/c1-2-18-9-8-17-15(11-18)13-5-6-14-12(10-13)4-3-7-16-14/h3-8,10-11H,2,9H2,1H3. The fourth-order valence-corrected chi connectivity index (χ4v) is 2.11. The maximum atomic E-state index is 4.48. The first-order chi connectivity index (χ1) is 8.86. The predicted octanol–water partition coefficient (Wildman–Crippen LogP) is 2.94. The van der Waals surface area contributed by atoms with Crippen molar-refractivity contribution in [2.24, 2.45) is 4.99 Å². The Kier molecular flexibility index (Phi) is 2.81. The maximum absolute atomic E-state index is 4.48. The van der Waals surface area contributed by atoms with E-state index in [4.69, 9.17) is 0 Å². The Balaban J connectivity index is 2.04. The van der Waals surface area contributed by atoms with E-state index in [0.29, 0.717) is 0 Å². The van der Waals surface area contributed by atoms with Crippen LogP contribution in [0.4, 0.5) is 0 Å². The van der Waals surface area contributed by atoms with Gasteiger partial charge in [0.2, 0.25) is 0 Å². The van der Waals surface area contributed by atoms with E-state index in [1.165, 1.54) is 0 Å². The van der Waals surface area contributed by atoms with Crippen LogP contribution in [0, 0.1) is 0 Å². The molecule has 0 saturated carbocycles. The molecule has 0 N–H and O–H groups in total. The molecule has 90 valence electrons. The van der Waals surface area contributed by atoms with Crippen LogP contribution in [0.3, 0.4) is 0 Å². The molecule has 0 unspecified atom stereocenters. The number of aromatic nitrogens is 1. The summed E-state index contributed by atoms with van der Waals surface area (Å²) in [4.78, 5) is 11.1. The molecule has 2 heterocycles. The molecule has 0 fully saturated rings. The Hall–Kier alpha value is -2.16. The Morgan fingerprint density at radius 2 is 2.22 bits per heavy atom. The lowest BCUT2D eigenvalue weighted by atomic mass is 10.1. The topological polar surface area (TPSA) is 28.5 Å². The zero-order chi connectivity index (χ0) is 12.4. The molecular formula is C15H15N3. The fraction of sp³-hybridized carbons (Fsp3) is 0.200. The molecule has 2 aromatic rings. The summed E-state index contributed by atoms with van der Waals surface area (Å²) in [6.07, 6.45) is 5.91. The predicted molar refractivity (Wildman–Crippen MR) is 75.5 cm³/mol. The van der Waals surface area contributed by atoms with E-state index in [2.05, 4.69) is 46.2 Å². The molecule has 0 spiro atoms. The van der Waals surface area contributed by atoms with Gasteiger partial charge in [0.05, 0.1) is 17.8 Å². The normalized spacial score (nSPS) is 14.9. The van der Waals surface area contributed by atoms with Gasteiger partial charge in [-0.05, 0) is 25.1 Å². The summed E-state index contributed by atoms with van der Waals surface area (Å²) < 4.78 is 0. The van der Waals surface area contributed by atoms with Gasteiger partial charge in [0.25, 0.3) is 0 Å². The van der Waals surface area contributed by atoms with Crippen molar-refractivity contribution in [2.45, 2.75) is 6.92 Å². The third kappa shape index (κ3) is 1.99. The molecular weight excluding hydrogens is 222 g/mol. The van der Waals surface area contributed by atoms with Gasteiger partial charge in [-0.3, -0.25) is 9.98 Å². The van der Waals surface area contributed by atoms with Crippen LogP contribution >= 0.6 is 0 Å². The highest BCUT2D eigenvalue weighted by atomic mass is 15.1. The fourth-order valence-electron chi connectivity index (χ4n) is 2.11. The number of nitrogens with zero attached hydrogens (tertiary/aromatic N) is 3. The Bertz CT molecular complexity index is 628. The lowest BCUT2D eigenvalue weighted by molar-refractivity contribution is 0.452. The van der Waals surface area contributed by atoms with Crippen LogP contribution in [0.15, 0.2) is 47.7 Å². The van der Waals surface area contributed by atoms with E-state index >= 15 is 0 Å². The minimum atomic E-state index is 0.898. The van der Waals surface area contributed by atoms with Crippen LogP contribution in [0.5, 0.6) is 0 Å². The third-order valence-electron chi connectivity index (χ3n) is 3.16. The van der Waals surface area contributed by atoms with Gasteiger partial charge in [-0.1, -0.05) is 12.1 Å². The Morgan fingerprint density at radius 3 is 3.11 bits per heavy atom. The average Bonchev–Trinajstić information content (AvgIpc) is 2.47. The van der Waals surface area contributed by atoms with Crippen molar-refractivity contribution in [1.29, 1.82) is 0 Å². The lowest BCUT2D eigenvalue weighted by Crippen LogP contribution is -2.21. The molecule has 3 heteroatoms. The zero-order valence-corrected chi connectivity index (χ0v) is 10.4. The van der Waals surface area contributed by atoms with E-state index in [-0.39, 0.29) is 0 Å². The average molecular weight is 237 g/mol. The molecule has 1 aliphatic heterocycles. The Labute approximate surface area is 106 Å². The molecule has 0 saturated heterocycles. The summed E-state index contributed by atoms with van der Waals surface area (Å²) in [5.74, 6) is 0. The van der Waals surface area contributed by atoms with Gasteiger partial charge in [0, 0.05) is 36.1 Å². The highest BCUT2D eigenvalue weighted by molar-refractivity contribution is 5.85. The van der Waals surface area contributed by atoms with Gasteiger partial charge >= 0.3 is 0 Å². The van der Waals surface area contributed by atoms with Crippen LogP contribution in [-0.4, -0.2) is 29.2 Å². The molecule has 18 heavy (non-hydrogen) atoms. The second-order valence-corrected chi connectivity index (χ2v) is 4.32. The molecule has 3 nitrogen and oxygen atoms in total. The second-order valence-electron chi connectivity index (χ2n) is 4.32. The molecule has 0 radical (unpaired) electrons. The molecule has 3 rings (SSSR count). The number of pyridine rings is 1. The van der Waals surface area contributed by atoms with E-state index in [1.54, 1.807) is 0 Å². The van der Waals surface area contributed by atoms with Gasteiger partial charge in [0.15, 0.2) is 0 Å². The van der Waals surface area contributed by atoms with Crippen molar-refractivity contribution < 1.29 is 0 Å². The second kappa shape index (κ2) is 4.61. The highest BCUT2D eigenvalue weighted by Crippen LogP contribution is 2.22. The van der Waals surface area contributed by atoms with Gasteiger partial charge < -0.3 is 4.90 Å². The van der Waals surface area contributed by atoms with E-state index < -0.39 is 0 Å². The summed E-state index contributed by atoms with van der Waals surface area (Å²) >= 11 is 0. The van der Waals surface area contributed by atoms with E-state index in [1.807, 2.05) is 24.5 Å². The van der Waals surface area contributed by atoms with Crippen molar-refractivity contribution in [1.82, 2.24) is 9.88 Å². The van der Waals surface area contributed by atoms with E-state index in [9.17, 15) is 0 Å². The first-order valence-electron chi connectivity index (χ1n) is 6.20. The number of hydrogen-bond acceptors (Lipinski definition) is 3. The minimum Gasteiger partial charge on any atom is -0.371 e. The summed E-state index contributed by atoms with van der Waals surface area (Å²) in [6, 6.07) is 10.3. The van der Waals surface area contributed by atoms with Crippen LogP contribution in [0.2, 0.25) is 0 Å². The molecule has 0 bridgehead atoms. The monoisotopic (exact) mass is 237 g/mol. The first kappa shape index (κ1) is 11.0. The van der Waals surface area contributed by atoms with Gasteiger partial charge in [-0.2, -0.15) is 0 Å². The molecule has 0 aliphatic carbocycles. The van der Waals surface area contributed by atoms with Crippen molar-refractivity contribution >= 4 is 22.8 Å². The molecule has 1 aliphatic rings. The first-order valence-corrected chi connectivity index (χ1v) is 6.20. The van der Waals surface area contributed by atoms with Crippen LogP contribution < -0.4 is 0 Å². The lowest BCUT2D eigenvalue weighted by Gasteiger charge is -2.20. The number of benzene rings is 1. The van der Waals surface area contributed by atoms with Crippen LogP contribution in [0.25, 0.3) is 16.6 Å². The maximum Gasteiger partial charge on any atom is 0.0857 e.